The molecule has 0 spiro atoms. The van der Waals surface area contributed by atoms with Crippen LogP contribution in [0.5, 0.6) is 5.88 Å². The smallest absolute Gasteiger partial charge is 0.228 e. The lowest BCUT2D eigenvalue weighted by molar-refractivity contribution is 0.325. The van der Waals surface area contributed by atoms with E-state index in [1.54, 1.807) is 0 Å². The van der Waals surface area contributed by atoms with Crippen LogP contribution < -0.4 is 15.4 Å². The van der Waals surface area contributed by atoms with Gasteiger partial charge in [0, 0.05) is 24.8 Å². The first-order chi connectivity index (χ1) is 8.72. The van der Waals surface area contributed by atoms with Crippen molar-refractivity contribution < 1.29 is 4.74 Å². The molecule has 2 rings (SSSR count). The molecule has 1 atom stereocenters. The zero-order chi connectivity index (χ0) is 13.0. The van der Waals surface area contributed by atoms with Crippen LogP contribution in [-0.2, 0) is 0 Å². The molecule has 1 aromatic rings. The predicted molar refractivity (Wildman–Crippen MR) is 71.9 cm³/mol. The number of nitrogens with zero attached hydrogens (tertiary/aromatic N) is 3. The van der Waals surface area contributed by atoms with Crippen LogP contribution in [0.2, 0.25) is 0 Å². The predicted octanol–water partition coefficient (Wildman–Crippen LogP) is 1.36. The minimum atomic E-state index is 0.554. The van der Waals surface area contributed by atoms with Crippen LogP contribution in [0.15, 0.2) is 6.07 Å². The number of aromatic nitrogens is 2. The van der Waals surface area contributed by atoms with Gasteiger partial charge >= 0.3 is 0 Å². The van der Waals surface area contributed by atoms with Gasteiger partial charge in [-0.2, -0.15) is 4.98 Å². The fourth-order valence-electron chi connectivity index (χ4n) is 2.33. The minimum absolute atomic E-state index is 0.554. The van der Waals surface area contributed by atoms with E-state index in [-0.39, 0.29) is 0 Å². The average Bonchev–Trinajstić information content (AvgIpc) is 2.38. The van der Waals surface area contributed by atoms with Crippen molar-refractivity contribution >= 4 is 5.95 Å². The number of aryl methyl sites for hydroxylation is 1. The molecule has 2 heterocycles. The lowest BCUT2D eigenvalue weighted by Crippen LogP contribution is -2.39. The van der Waals surface area contributed by atoms with Crippen molar-refractivity contribution in [2.24, 2.45) is 11.7 Å². The molecule has 5 nitrogen and oxygen atoms in total. The number of piperidine rings is 1. The van der Waals surface area contributed by atoms with E-state index in [4.69, 9.17) is 10.5 Å². The van der Waals surface area contributed by atoms with Gasteiger partial charge in [-0.25, -0.2) is 4.98 Å². The highest BCUT2D eigenvalue weighted by molar-refractivity contribution is 5.35. The summed E-state index contributed by atoms with van der Waals surface area (Å²) in [5.74, 6) is 1.99. The summed E-state index contributed by atoms with van der Waals surface area (Å²) in [5, 5.41) is 0. The molecule has 1 aromatic heterocycles. The fraction of sp³-hybridized carbons (Fsp3) is 0.692. The maximum atomic E-state index is 5.76. The Balaban J connectivity index is 2.16. The number of ether oxygens (including phenoxy) is 1. The van der Waals surface area contributed by atoms with Gasteiger partial charge in [-0.05, 0) is 39.2 Å². The molecule has 0 aromatic carbocycles. The number of hydrogen-bond donors (Lipinski definition) is 1. The Morgan fingerprint density at radius 3 is 3.06 bits per heavy atom. The molecule has 18 heavy (non-hydrogen) atoms. The summed E-state index contributed by atoms with van der Waals surface area (Å²) >= 11 is 0. The van der Waals surface area contributed by atoms with E-state index in [1.165, 1.54) is 6.42 Å². The van der Waals surface area contributed by atoms with Crippen LogP contribution in [0.3, 0.4) is 0 Å². The van der Waals surface area contributed by atoms with Crippen molar-refractivity contribution in [2.45, 2.75) is 26.7 Å². The van der Waals surface area contributed by atoms with E-state index >= 15 is 0 Å². The maximum absolute atomic E-state index is 5.76. The van der Waals surface area contributed by atoms with Crippen molar-refractivity contribution in [3.05, 3.63) is 11.8 Å². The largest absolute Gasteiger partial charge is 0.478 e. The fourth-order valence-corrected chi connectivity index (χ4v) is 2.33. The minimum Gasteiger partial charge on any atom is -0.478 e. The highest BCUT2D eigenvalue weighted by Gasteiger charge is 2.21. The van der Waals surface area contributed by atoms with Gasteiger partial charge in [-0.3, -0.25) is 0 Å². The third kappa shape index (κ3) is 3.10. The molecule has 1 fully saturated rings. The summed E-state index contributed by atoms with van der Waals surface area (Å²) in [4.78, 5) is 11.2. The summed E-state index contributed by atoms with van der Waals surface area (Å²) in [7, 11) is 0. The molecule has 1 aliphatic rings. The number of nitrogens with two attached hydrogens (primary N) is 1. The zero-order valence-corrected chi connectivity index (χ0v) is 11.2. The molecular weight excluding hydrogens is 228 g/mol. The molecule has 0 bridgehead atoms. The van der Waals surface area contributed by atoms with Crippen LogP contribution in [0, 0.1) is 12.8 Å². The van der Waals surface area contributed by atoms with Crippen molar-refractivity contribution in [2.75, 3.05) is 31.1 Å². The standard InChI is InChI=1S/C13H22N4O/c1-3-18-12-7-10(2)15-13(16-12)17-6-4-5-11(8-14)9-17/h7,11H,3-6,8-9,14H2,1-2H3. The van der Waals surface area contributed by atoms with E-state index in [0.29, 0.717) is 18.4 Å². The van der Waals surface area contributed by atoms with Crippen molar-refractivity contribution in [3.63, 3.8) is 0 Å². The first-order valence-corrected chi connectivity index (χ1v) is 6.66. The highest BCUT2D eigenvalue weighted by Crippen LogP contribution is 2.22. The molecule has 0 amide bonds. The van der Waals surface area contributed by atoms with E-state index in [0.717, 1.165) is 37.7 Å². The third-order valence-corrected chi connectivity index (χ3v) is 3.25. The van der Waals surface area contributed by atoms with Gasteiger partial charge in [0.15, 0.2) is 0 Å². The molecule has 0 aliphatic carbocycles. The number of rotatable bonds is 4. The number of hydrogen-bond acceptors (Lipinski definition) is 5. The monoisotopic (exact) mass is 250 g/mol. The van der Waals surface area contributed by atoms with Gasteiger partial charge in [0.1, 0.15) is 0 Å². The topological polar surface area (TPSA) is 64.3 Å². The molecule has 1 saturated heterocycles. The van der Waals surface area contributed by atoms with Crippen LogP contribution in [0.25, 0.3) is 0 Å². The van der Waals surface area contributed by atoms with Gasteiger partial charge in [0.25, 0.3) is 0 Å². The van der Waals surface area contributed by atoms with Crippen LogP contribution >= 0.6 is 0 Å². The number of anilines is 1. The second kappa shape index (κ2) is 6.00. The Labute approximate surface area is 108 Å². The normalized spacial score (nSPS) is 19.9. The molecule has 1 unspecified atom stereocenters. The van der Waals surface area contributed by atoms with Crippen molar-refractivity contribution in [3.8, 4) is 5.88 Å². The summed E-state index contributed by atoms with van der Waals surface area (Å²) in [5.41, 5.74) is 6.70. The van der Waals surface area contributed by atoms with E-state index in [9.17, 15) is 0 Å². The molecular formula is C13H22N4O. The van der Waals surface area contributed by atoms with Gasteiger partial charge in [0.2, 0.25) is 11.8 Å². The Bertz CT molecular complexity index is 397. The molecule has 0 radical (unpaired) electrons. The Morgan fingerprint density at radius 2 is 2.33 bits per heavy atom. The second-order valence-electron chi connectivity index (χ2n) is 4.77. The van der Waals surface area contributed by atoms with Gasteiger partial charge in [0.05, 0.1) is 6.61 Å². The third-order valence-electron chi connectivity index (χ3n) is 3.25. The second-order valence-corrected chi connectivity index (χ2v) is 4.77. The molecule has 100 valence electrons. The SMILES string of the molecule is CCOc1cc(C)nc(N2CCCC(CN)C2)n1. The van der Waals surface area contributed by atoms with E-state index < -0.39 is 0 Å². The Hall–Kier alpha value is -1.36. The zero-order valence-electron chi connectivity index (χ0n) is 11.2. The van der Waals surface area contributed by atoms with Crippen LogP contribution in [0.4, 0.5) is 5.95 Å². The molecule has 5 heteroatoms. The van der Waals surface area contributed by atoms with Crippen LogP contribution in [-0.4, -0.2) is 36.2 Å². The summed E-state index contributed by atoms with van der Waals surface area (Å²) < 4.78 is 5.47. The molecule has 2 N–H and O–H groups in total. The lowest BCUT2D eigenvalue weighted by atomic mass is 9.99. The first-order valence-electron chi connectivity index (χ1n) is 6.66. The lowest BCUT2D eigenvalue weighted by Gasteiger charge is -2.32. The molecule has 1 aliphatic heterocycles. The van der Waals surface area contributed by atoms with Crippen molar-refractivity contribution in [1.29, 1.82) is 0 Å². The van der Waals surface area contributed by atoms with E-state index in [2.05, 4.69) is 14.9 Å². The van der Waals surface area contributed by atoms with E-state index in [1.807, 2.05) is 19.9 Å². The van der Waals surface area contributed by atoms with Gasteiger partial charge in [-0.15, -0.1) is 0 Å². The highest BCUT2D eigenvalue weighted by atomic mass is 16.5. The first kappa shape index (κ1) is 13.1. The summed E-state index contributed by atoms with van der Waals surface area (Å²) in [6, 6.07) is 1.87. The quantitative estimate of drug-likeness (QED) is 0.874. The van der Waals surface area contributed by atoms with Crippen molar-refractivity contribution in [1.82, 2.24) is 9.97 Å². The Morgan fingerprint density at radius 1 is 1.50 bits per heavy atom. The maximum Gasteiger partial charge on any atom is 0.228 e. The van der Waals surface area contributed by atoms with Gasteiger partial charge < -0.3 is 15.4 Å². The van der Waals surface area contributed by atoms with Gasteiger partial charge in [-0.1, -0.05) is 0 Å². The summed E-state index contributed by atoms with van der Waals surface area (Å²) in [6.07, 6.45) is 2.36. The average molecular weight is 250 g/mol. The summed E-state index contributed by atoms with van der Waals surface area (Å²) in [6.45, 7) is 7.25. The van der Waals surface area contributed by atoms with Crippen LogP contribution in [0.1, 0.15) is 25.5 Å². The Kier molecular flexibility index (Phi) is 4.36. The molecule has 0 saturated carbocycles.